The monoisotopic (exact) mass is 383 g/mol. The summed E-state index contributed by atoms with van der Waals surface area (Å²) in [5, 5.41) is 1.86. The largest absolute Gasteiger partial charge is 0.336 e. The molecule has 1 aliphatic heterocycles. The van der Waals surface area contributed by atoms with Crippen LogP contribution in [0.4, 0.5) is 0 Å². The van der Waals surface area contributed by atoms with Gasteiger partial charge in [0.2, 0.25) is 0 Å². The fourth-order valence-electron chi connectivity index (χ4n) is 3.27. The summed E-state index contributed by atoms with van der Waals surface area (Å²) in [6.07, 6.45) is 1.74. The molecule has 1 saturated heterocycles. The summed E-state index contributed by atoms with van der Waals surface area (Å²) < 4.78 is 1.56. The van der Waals surface area contributed by atoms with E-state index in [1.807, 2.05) is 34.5 Å². The van der Waals surface area contributed by atoms with Gasteiger partial charge < -0.3 is 10.6 Å². The van der Waals surface area contributed by atoms with Crippen LogP contribution in [0.15, 0.2) is 46.7 Å². The lowest BCUT2D eigenvalue weighted by molar-refractivity contribution is 0.0627. The van der Waals surface area contributed by atoms with Gasteiger partial charge >= 0.3 is 0 Å². The first-order valence-electron chi connectivity index (χ1n) is 8.90. The number of hydrogen-bond donors (Lipinski definition) is 1. The molecule has 2 N–H and O–H groups in total. The van der Waals surface area contributed by atoms with Gasteiger partial charge in [-0.25, -0.2) is 4.98 Å². The van der Waals surface area contributed by atoms with E-state index >= 15 is 0 Å². The van der Waals surface area contributed by atoms with Gasteiger partial charge in [0, 0.05) is 62.5 Å². The molecule has 0 spiro atoms. The van der Waals surface area contributed by atoms with Crippen LogP contribution in [-0.2, 0) is 13.1 Å². The first-order chi connectivity index (χ1) is 13.1. The molecule has 27 heavy (non-hydrogen) atoms. The Balaban J connectivity index is 1.37. The van der Waals surface area contributed by atoms with Crippen molar-refractivity contribution in [1.82, 2.24) is 19.2 Å². The Labute approximate surface area is 160 Å². The third-order valence-corrected chi connectivity index (χ3v) is 5.59. The normalized spacial score (nSPS) is 15.4. The Bertz CT molecular complexity index is 1000. The van der Waals surface area contributed by atoms with E-state index in [0.717, 1.165) is 24.3 Å². The van der Waals surface area contributed by atoms with Crippen LogP contribution < -0.4 is 11.3 Å². The van der Waals surface area contributed by atoms with E-state index in [-0.39, 0.29) is 11.5 Å². The molecule has 3 aromatic rings. The molecule has 1 fully saturated rings. The van der Waals surface area contributed by atoms with Gasteiger partial charge in [0.05, 0.1) is 5.69 Å². The third-order valence-electron chi connectivity index (χ3n) is 4.84. The maximum atomic E-state index is 12.6. The molecule has 0 unspecified atom stereocenters. The highest BCUT2D eigenvalue weighted by atomic mass is 32.1. The molecule has 0 radical (unpaired) electrons. The number of amides is 1. The molecule has 0 atom stereocenters. The highest BCUT2D eigenvalue weighted by Gasteiger charge is 2.22. The van der Waals surface area contributed by atoms with Crippen LogP contribution in [0.25, 0.3) is 4.96 Å². The number of nitrogens with two attached hydrogens (primary N) is 1. The summed E-state index contributed by atoms with van der Waals surface area (Å²) in [6.45, 7) is 3.95. The smallest absolute Gasteiger partial charge is 0.258 e. The number of benzene rings is 1. The predicted molar refractivity (Wildman–Crippen MR) is 105 cm³/mol. The summed E-state index contributed by atoms with van der Waals surface area (Å²) in [5.41, 5.74) is 8.04. The van der Waals surface area contributed by atoms with Crippen molar-refractivity contribution in [1.29, 1.82) is 0 Å². The molecule has 7 nitrogen and oxygen atoms in total. The van der Waals surface area contributed by atoms with Gasteiger partial charge in [0.15, 0.2) is 4.96 Å². The molecule has 1 aromatic carbocycles. The van der Waals surface area contributed by atoms with Gasteiger partial charge in [-0.3, -0.25) is 18.9 Å². The number of hydrogen-bond acceptors (Lipinski definition) is 6. The summed E-state index contributed by atoms with van der Waals surface area (Å²) in [6, 6.07) is 9.06. The molecule has 2 aromatic heterocycles. The topological polar surface area (TPSA) is 83.9 Å². The summed E-state index contributed by atoms with van der Waals surface area (Å²) in [7, 11) is 0. The van der Waals surface area contributed by atoms with Crippen molar-refractivity contribution in [3.63, 3.8) is 0 Å². The Hall–Kier alpha value is -2.55. The van der Waals surface area contributed by atoms with Crippen molar-refractivity contribution in [3.8, 4) is 0 Å². The molecule has 3 heterocycles. The second kappa shape index (κ2) is 7.59. The average molecular weight is 383 g/mol. The Morgan fingerprint density at radius 3 is 2.59 bits per heavy atom. The number of carbonyl (C=O) groups is 1. The lowest BCUT2D eigenvalue weighted by Crippen LogP contribution is -2.48. The fourth-order valence-corrected chi connectivity index (χ4v) is 4.01. The SMILES string of the molecule is NCc1ccc(C(=O)N2CCN(Cc3cc(=O)n4ccsc4n3)CC2)cc1. The van der Waals surface area contributed by atoms with E-state index in [1.165, 1.54) is 11.3 Å². The molecule has 4 rings (SSSR count). The fraction of sp³-hybridized carbons (Fsp3) is 0.316. The minimum absolute atomic E-state index is 0.0500. The van der Waals surface area contributed by atoms with Gasteiger partial charge in [-0.05, 0) is 17.7 Å². The maximum absolute atomic E-state index is 12.6. The third kappa shape index (κ3) is 3.78. The van der Waals surface area contributed by atoms with E-state index in [4.69, 9.17) is 5.73 Å². The second-order valence-corrected chi connectivity index (χ2v) is 7.48. The van der Waals surface area contributed by atoms with E-state index in [0.29, 0.717) is 36.7 Å². The molecule has 0 saturated carbocycles. The van der Waals surface area contributed by atoms with E-state index < -0.39 is 0 Å². The van der Waals surface area contributed by atoms with Crippen LogP contribution in [0.3, 0.4) is 0 Å². The zero-order valence-electron chi connectivity index (χ0n) is 14.9. The van der Waals surface area contributed by atoms with Crippen LogP contribution >= 0.6 is 11.3 Å². The molecule has 8 heteroatoms. The van der Waals surface area contributed by atoms with Gasteiger partial charge in [-0.2, -0.15) is 0 Å². The predicted octanol–water partition coefficient (Wildman–Crippen LogP) is 1.17. The zero-order chi connectivity index (χ0) is 18.8. The Morgan fingerprint density at radius 2 is 1.89 bits per heavy atom. The van der Waals surface area contributed by atoms with E-state index in [1.54, 1.807) is 16.7 Å². The minimum Gasteiger partial charge on any atom is -0.336 e. The number of aromatic nitrogens is 2. The van der Waals surface area contributed by atoms with Crippen molar-refractivity contribution in [2.75, 3.05) is 26.2 Å². The van der Waals surface area contributed by atoms with Crippen LogP contribution in [-0.4, -0.2) is 51.3 Å². The molecule has 0 aliphatic carbocycles. The average Bonchev–Trinajstić information content (AvgIpc) is 3.17. The quantitative estimate of drug-likeness (QED) is 0.731. The summed E-state index contributed by atoms with van der Waals surface area (Å²) in [5.74, 6) is 0.0506. The highest BCUT2D eigenvalue weighted by molar-refractivity contribution is 7.15. The number of rotatable bonds is 4. The van der Waals surface area contributed by atoms with Crippen molar-refractivity contribution < 1.29 is 4.79 Å². The highest BCUT2D eigenvalue weighted by Crippen LogP contribution is 2.13. The molecule has 140 valence electrons. The zero-order valence-corrected chi connectivity index (χ0v) is 15.7. The Kier molecular flexibility index (Phi) is 5.02. The van der Waals surface area contributed by atoms with Crippen molar-refractivity contribution in [2.45, 2.75) is 13.1 Å². The maximum Gasteiger partial charge on any atom is 0.258 e. The number of carbonyl (C=O) groups excluding carboxylic acids is 1. The number of thiazole rings is 1. The molecular weight excluding hydrogens is 362 g/mol. The van der Waals surface area contributed by atoms with Crippen LogP contribution in [0, 0.1) is 0 Å². The van der Waals surface area contributed by atoms with Gasteiger partial charge in [0.25, 0.3) is 11.5 Å². The minimum atomic E-state index is -0.0500. The molecule has 1 aliphatic rings. The van der Waals surface area contributed by atoms with Crippen molar-refractivity contribution in [2.24, 2.45) is 5.73 Å². The van der Waals surface area contributed by atoms with Crippen LogP contribution in [0.5, 0.6) is 0 Å². The number of fused-ring (bicyclic) bond motifs is 1. The molecule has 1 amide bonds. The van der Waals surface area contributed by atoms with Gasteiger partial charge in [-0.1, -0.05) is 12.1 Å². The van der Waals surface area contributed by atoms with Crippen LogP contribution in [0.1, 0.15) is 21.6 Å². The lowest BCUT2D eigenvalue weighted by Gasteiger charge is -2.34. The number of piperazine rings is 1. The van der Waals surface area contributed by atoms with Gasteiger partial charge in [0.1, 0.15) is 0 Å². The summed E-state index contributed by atoms with van der Waals surface area (Å²) >= 11 is 1.45. The molecular formula is C19H21N5O2S. The van der Waals surface area contributed by atoms with Crippen molar-refractivity contribution in [3.05, 3.63) is 69.1 Å². The first-order valence-corrected chi connectivity index (χ1v) is 9.78. The van der Waals surface area contributed by atoms with Crippen molar-refractivity contribution >= 4 is 22.2 Å². The summed E-state index contributed by atoms with van der Waals surface area (Å²) in [4.78, 5) is 34.1. The standard InChI is InChI=1S/C19H21N5O2S/c20-12-14-1-3-15(4-2-14)18(26)23-7-5-22(6-8-23)13-16-11-17(25)24-9-10-27-19(24)21-16/h1-4,9-11H,5-8,12-13,20H2. The Morgan fingerprint density at radius 1 is 1.15 bits per heavy atom. The first kappa shape index (κ1) is 17.8. The second-order valence-electron chi connectivity index (χ2n) is 6.61. The number of nitrogens with zero attached hydrogens (tertiary/aromatic N) is 4. The van der Waals surface area contributed by atoms with E-state index in [2.05, 4.69) is 9.88 Å². The van der Waals surface area contributed by atoms with Gasteiger partial charge in [-0.15, -0.1) is 11.3 Å². The van der Waals surface area contributed by atoms with Crippen LogP contribution in [0.2, 0.25) is 0 Å². The molecule has 0 bridgehead atoms. The van der Waals surface area contributed by atoms with E-state index in [9.17, 15) is 9.59 Å². The lowest BCUT2D eigenvalue weighted by atomic mass is 10.1.